The van der Waals surface area contributed by atoms with Crippen molar-refractivity contribution in [3.63, 3.8) is 0 Å². The number of hydrogen-bond acceptors (Lipinski definition) is 7. The summed E-state index contributed by atoms with van der Waals surface area (Å²) in [6.07, 6.45) is 13.0. The fraction of sp³-hybridized carbons (Fsp3) is 0.757. The average Bonchev–Trinajstić information content (AvgIpc) is 3.00. The van der Waals surface area contributed by atoms with Crippen molar-refractivity contribution in [2.45, 2.75) is 130 Å². The molecule has 10 nitrogen and oxygen atoms in total. The lowest BCUT2D eigenvalue weighted by atomic mass is 9.49. The highest BCUT2D eigenvalue weighted by Crippen LogP contribution is 2.60. The maximum Gasteiger partial charge on any atom is 0.329 e. The van der Waals surface area contributed by atoms with Gasteiger partial charge in [-0.3, -0.25) is 19.2 Å². The molecule has 3 N–H and O–H groups in total. The Bertz CT molecular complexity index is 1170. The zero-order valence-corrected chi connectivity index (χ0v) is 29.1. The fourth-order valence-corrected chi connectivity index (χ4v) is 8.67. The van der Waals surface area contributed by atoms with Crippen LogP contribution in [0.5, 0.6) is 0 Å². The first-order valence-electron chi connectivity index (χ1n) is 18.0. The van der Waals surface area contributed by atoms with E-state index in [4.69, 9.17) is 9.47 Å². The second-order valence-electron chi connectivity index (χ2n) is 15.3. The normalized spacial score (nSPS) is 34.4. The molecule has 262 valence electrons. The van der Waals surface area contributed by atoms with Crippen molar-refractivity contribution < 1.29 is 33.4 Å². The molecule has 5 rings (SSSR count). The number of amides is 3. The van der Waals surface area contributed by atoms with E-state index in [9.17, 15) is 24.0 Å². The summed E-state index contributed by atoms with van der Waals surface area (Å²) in [6.45, 7) is 13.1. The topological polar surface area (TPSA) is 140 Å². The molecule has 4 aliphatic carbocycles. The fourth-order valence-electron chi connectivity index (χ4n) is 8.67. The number of ether oxygens (including phenoxy) is 2. The van der Waals surface area contributed by atoms with Crippen molar-refractivity contribution in [1.29, 1.82) is 0 Å². The third kappa shape index (κ3) is 9.47. The monoisotopic (exact) mass is 655 g/mol. The molecule has 4 bridgehead atoms. The zero-order chi connectivity index (χ0) is 34.3. The van der Waals surface area contributed by atoms with Crippen molar-refractivity contribution >= 4 is 29.7 Å². The minimum absolute atomic E-state index is 0.0157. The summed E-state index contributed by atoms with van der Waals surface area (Å²) in [5.41, 5.74) is -0.245. The highest BCUT2D eigenvalue weighted by molar-refractivity contribution is 5.94. The standard InChI is InChI=1S/C37H57N3O7/c1-7-8-9-10-11-23(4)32-29(14-15-46-36(45)37-19-26-16-27(20-37)18-28(17-26)21-37)34(43)38-24(5)12-13-30(41)39-25(6)33(42)40-31(22(2)3)35(44)47-32/h12-13,22-23,25-29,31-32H,5,7-11,14-21H2,1-4,6H3,(H,38,43)(H,39,41)(H,40,42)/b13-12+/t23-,25-,26?,27?,28?,29+,31+,32+,37?/m1/s1. The van der Waals surface area contributed by atoms with E-state index in [0.717, 1.165) is 51.4 Å². The first-order valence-corrected chi connectivity index (χ1v) is 18.0. The van der Waals surface area contributed by atoms with Crippen LogP contribution in [0.25, 0.3) is 0 Å². The van der Waals surface area contributed by atoms with Crippen LogP contribution < -0.4 is 16.0 Å². The Balaban J connectivity index is 1.58. The highest BCUT2D eigenvalue weighted by Gasteiger charge is 2.55. The van der Waals surface area contributed by atoms with Gasteiger partial charge in [-0.1, -0.05) is 60.0 Å². The van der Waals surface area contributed by atoms with Gasteiger partial charge in [0.25, 0.3) is 0 Å². The molecule has 0 aromatic heterocycles. The lowest BCUT2D eigenvalue weighted by molar-refractivity contribution is -0.174. The molecular weight excluding hydrogens is 598 g/mol. The second-order valence-corrected chi connectivity index (χ2v) is 15.3. The summed E-state index contributed by atoms with van der Waals surface area (Å²) in [5, 5.41) is 8.09. The van der Waals surface area contributed by atoms with Gasteiger partial charge in [0, 0.05) is 11.8 Å². The highest BCUT2D eigenvalue weighted by atomic mass is 16.5. The van der Waals surface area contributed by atoms with E-state index in [0.29, 0.717) is 17.8 Å². The SMILES string of the molecule is C=C1/C=C/C(=O)N[C@H](C)C(=O)N[C@@H](C(C)C)C(=O)O[C@@H]([C@H](C)CCCCCC)[C@H](CCOC(=O)C23CC4CC(CC(C4)C2)C3)C(=O)N1. The van der Waals surface area contributed by atoms with E-state index in [1.165, 1.54) is 38.3 Å². The Kier molecular flexibility index (Phi) is 12.7. The van der Waals surface area contributed by atoms with E-state index in [1.54, 1.807) is 13.8 Å². The van der Waals surface area contributed by atoms with E-state index in [2.05, 4.69) is 29.5 Å². The number of unbranched alkanes of at least 4 members (excludes halogenated alkanes) is 3. The quantitative estimate of drug-likeness (QED) is 0.208. The summed E-state index contributed by atoms with van der Waals surface area (Å²) in [5.74, 6) is -1.91. The van der Waals surface area contributed by atoms with Gasteiger partial charge in [0.05, 0.1) is 17.9 Å². The Hall–Kier alpha value is -3.17. The van der Waals surface area contributed by atoms with Crippen LogP contribution >= 0.6 is 0 Å². The number of carbonyl (C=O) groups is 5. The Morgan fingerprint density at radius 1 is 0.957 bits per heavy atom. The molecule has 5 atom stereocenters. The minimum Gasteiger partial charge on any atom is -0.465 e. The van der Waals surface area contributed by atoms with Crippen LogP contribution in [0.2, 0.25) is 0 Å². The maximum atomic E-state index is 14.0. The molecule has 47 heavy (non-hydrogen) atoms. The number of allylic oxidation sites excluding steroid dienone is 1. The summed E-state index contributed by atoms with van der Waals surface area (Å²) in [4.78, 5) is 66.9. The summed E-state index contributed by atoms with van der Waals surface area (Å²) in [6, 6.07) is -1.91. The number of cyclic esters (lactones) is 1. The summed E-state index contributed by atoms with van der Waals surface area (Å²) < 4.78 is 12.2. The average molecular weight is 656 g/mol. The molecule has 4 saturated carbocycles. The van der Waals surface area contributed by atoms with E-state index < -0.39 is 53.2 Å². The molecule has 0 unspecified atom stereocenters. The van der Waals surface area contributed by atoms with Gasteiger partial charge < -0.3 is 25.4 Å². The number of rotatable bonds is 11. The summed E-state index contributed by atoms with van der Waals surface area (Å²) in [7, 11) is 0. The predicted molar refractivity (Wildman–Crippen MR) is 178 cm³/mol. The van der Waals surface area contributed by atoms with E-state index in [-0.39, 0.29) is 36.5 Å². The van der Waals surface area contributed by atoms with Gasteiger partial charge in [0.15, 0.2) is 0 Å². The van der Waals surface area contributed by atoms with Crippen LogP contribution in [0.4, 0.5) is 0 Å². The van der Waals surface area contributed by atoms with Crippen molar-refractivity contribution in [2.24, 2.45) is 40.9 Å². The molecule has 10 heteroatoms. The van der Waals surface area contributed by atoms with Crippen molar-refractivity contribution in [3.05, 3.63) is 24.4 Å². The molecule has 3 amide bonds. The number of carbonyl (C=O) groups excluding carboxylic acids is 5. The van der Waals surface area contributed by atoms with Crippen LogP contribution in [0.3, 0.4) is 0 Å². The van der Waals surface area contributed by atoms with Crippen molar-refractivity contribution in [2.75, 3.05) is 6.61 Å². The lowest BCUT2D eigenvalue weighted by Crippen LogP contribution is -2.53. The van der Waals surface area contributed by atoms with Gasteiger partial charge in [0.1, 0.15) is 18.2 Å². The smallest absolute Gasteiger partial charge is 0.329 e. The lowest BCUT2D eigenvalue weighted by Gasteiger charge is -2.55. The maximum absolute atomic E-state index is 14.0. The van der Waals surface area contributed by atoms with Gasteiger partial charge in [-0.05, 0) is 94.0 Å². The molecule has 0 saturated heterocycles. The van der Waals surface area contributed by atoms with Gasteiger partial charge in [-0.25, -0.2) is 4.79 Å². The van der Waals surface area contributed by atoms with Crippen LogP contribution in [0.1, 0.15) is 112 Å². The summed E-state index contributed by atoms with van der Waals surface area (Å²) >= 11 is 0. The molecule has 4 fully saturated rings. The Morgan fingerprint density at radius 2 is 1.60 bits per heavy atom. The molecular formula is C37H57N3O7. The largest absolute Gasteiger partial charge is 0.465 e. The molecule has 5 aliphatic rings. The Morgan fingerprint density at radius 3 is 2.19 bits per heavy atom. The van der Waals surface area contributed by atoms with Crippen LogP contribution in [0, 0.1) is 40.9 Å². The van der Waals surface area contributed by atoms with Gasteiger partial charge >= 0.3 is 11.9 Å². The van der Waals surface area contributed by atoms with Gasteiger partial charge in [-0.15, -0.1) is 0 Å². The number of hydrogen-bond donors (Lipinski definition) is 3. The van der Waals surface area contributed by atoms with Crippen LogP contribution in [-0.2, 0) is 33.4 Å². The van der Waals surface area contributed by atoms with Gasteiger partial charge in [0.2, 0.25) is 17.7 Å². The first-order chi connectivity index (χ1) is 22.3. The Labute approximate surface area is 280 Å². The van der Waals surface area contributed by atoms with Crippen LogP contribution in [0.15, 0.2) is 24.4 Å². The zero-order valence-electron chi connectivity index (χ0n) is 29.1. The van der Waals surface area contributed by atoms with Crippen molar-refractivity contribution in [1.82, 2.24) is 16.0 Å². The van der Waals surface area contributed by atoms with Gasteiger partial charge in [-0.2, -0.15) is 0 Å². The molecule has 1 heterocycles. The second kappa shape index (κ2) is 16.3. The minimum atomic E-state index is -0.995. The molecule has 0 spiro atoms. The predicted octanol–water partition coefficient (Wildman–Crippen LogP) is 5.12. The number of nitrogens with one attached hydrogen (secondary N) is 3. The third-order valence-electron chi connectivity index (χ3n) is 10.9. The molecule has 1 aliphatic heterocycles. The van der Waals surface area contributed by atoms with E-state index >= 15 is 0 Å². The molecule has 0 aromatic rings. The third-order valence-corrected chi connectivity index (χ3v) is 10.9. The van der Waals surface area contributed by atoms with E-state index in [1.807, 2.05) is 6.92 Å². The van der Waals surface area contributed by atoms with Crippen LogP contribution in [-0.4, -0.2) is 54.5 Å². The number of esters is 2. The van der Waals surface area contributed by atoms with Crippen molar-refractivity contribution in [3.8, 4) is 0 Å². The first kappa shape index (κ1) is 36.7. The molecule has 0 aromatic carbocycles. The molecule has 0 radical (unpaired) electrons.